The zero-order valence-corrected chi connectivity index (χ0v) is 35.4. The van der Waals surface area contributed by atoms with E-state index >= 15 is 0 Å². The number of halogens is 6. The molecule has 54 heavy (non-hydrogen) atoms. The fourth-order valence-electron chi connectivity index (χ4n) is 7.68. The maximum atomic E-state index is 14.4. The Morgan fingerprint density at radius 1 is 0.611 bits per heavy atom. The molecular weight excluding hydrogens is 770 g/mol. The van der Waals surface area contributed by atoms with Gasteiger partial charge >= 0.3 is 326 Å². The van der Waals surface area contributed by atoms with Crippen LogP contribution in [-0.2, 0) is 50.9 Å². The molecule has 0 amide bonds. The van der Waals surface area contributed by atoms with Crippen LogP contribution in [0.4, 0.5) is 26.3 Å². The Morgan fingerprint density at radius 2 is 1.15 bits per heavy atom. The molecule has 7 heteroatoms. The molecule has 0 heterocycles. The van der Waals surface area contributed by atoms with Gasteiger partial charge in [-0.1, -0.05) is 0 Å². The third-order valence-corrected chi connectivity index (χ3v) is 18.7. The number of hydrogen-bond acceptors (Lipinski definition) is 0. The summed E-state index contributed by atoms with van der Waals surface area (Å²) in [5.74, 6) is 0.00503. The van der Waals surface area contributed by atoms with E-state index in [1.165, 1.54) is 26.5 Å². The molecule has 2 aliphatic carbocycles. The summed E-state index contributed by atoms with van der Waals surface area (Å²) in [6.45, 7) is 21.6. The Morgan fingerprint density at radius 3 is 1.63 bits per heavy atom. The second-order valence-corrected chi connectivity index (χ2v) is 23.8. The van der Waals surface area contributed by atoms with Crippen LogP contribution in [0.15, 0.2) is 99.9 Å². The summed E-state index contributed by atoms with van der Waals surface area (Å²) >= 11 is -3.80. The molecule has 2 aliphatic rings. The Kier molecular flexibility index (Phi) is 10.5. The van der Waals surface area contributed by atoms with Gasteiger partial charge in [-0.2, -0.15) is 0 Å². The molecule has 0 aliphatic heterocycles. The first kappa shape index (κ1) is 40.4. The molecule has 0 saturated heterocycles. The van der Waals surface area contributed by atoms with Gasteiger partial charge in [-0.15, -0.1) is 0 Å². The van der Waals surface area contributed by atoms with Gasteiger partial charge in [0.05, 0.1) is 0 Å². The van der Waals surface area contributed by atoms with E-state index in [0.29, 0.717) is 20.8 Å². The molecule has 284 valence electrons. The van der Waals surface area contributed by atoms with Gasteiger partial charge in [0.15, 0.2) is 0 Å². The molecule has 0 saturated carbocycles. The number of allylic oxidation sites excluding steroid dienone is 4. The third-order valence-electron chi connectivity index (χ3n) is 10.9. The minimum atomic E-state index is -4.63. The fraction of sp³-hybridized carbons (Fsp3) is 0.383. The van der Waals surface area contributed by atoms with Gasteiger partial charge in [0.25, 0.3) is 0 Å². The van der Waals surface area contributed by atoms with E-state index in [1.54, 1.807) is 12.1 Å². The quantitative estimate of drug-likeness (QED) is 0.155. The molecule has 0 radical (unpaired) electrons. The predicted octanol–water partition coefficient (Wildman–Crippen LogP) is 13.3. The summed E-state index contributed by atoms with van der Waals surface area (Å²) in [7, 11) is 0. The molecule has 0 aromatic heterocycles. The van der Waals surface area contributed by atoms with Gasteiger partial charge in [0.1, 0.15) is 0 Å². The SMILES string of the molecule is CCC1C=C(C(C)(C)C)C=[C]1[Zr](=[C](c1cccc(C(F)(F)F)c1)c1cccc(C(F)(F)F)c1)[c]1cc(C(C)(C)C)cc2c1Cc1ccc(C(C)(C)C)cc1-2. The number of benzene rings is 4. The van der Waals surface area contributed by atoms with E-state index < -0.39 is 44.7 Å². The Balaban J connectivity index is 1.83. The van der Waals surface area contributed by atoms with Crippen molar-refractivity contribution in [2.24, 2.45) is 11.3 Å². The average molecular weight is 820 g/mol. The van der Waals surface area contributed by atoms with Crippen molar-refractivity contribution in [3.8, 4) is 11.1 Å². The standard InChI is InChI=1S/C21H25.C15H8F6.C11H17.Zr/c1-20(2,3)16-9-7-14-11-15-8-10-17(21(4,5)6)13-19(15)18(14)12-16;16-14(17,18)12-5-1-3-10(8-12)7-11-4-2-6-13(9-11)15(19,20)21;1-5-9-6-7-10(8-9)11(2,3)4;/h7,9-10,12-13H,11H2,1-6H3;1-6,8-9H;7-9H,5H2,1-4H3;. The number of alkyl halides is 6. The van der Waals surface area contributed by atoms with Crippen molar-refractivity contribution in [1.29, 1.82) is 0 Å². The number of hydrogen-bond donors (Lipinski definition) is 0. The number of rotatable bonds is 5. The van der Waals surface area contributed by atoms with Gasteiger partial charge in [-0.05, 0) is 0 Å². The van der Waals surface area contributed by atoms with E-state index in [-0.39, 0.29) is 22.2 Å². The molecule has 6 rings (SSSR count). The van der Waals surface area contributed by atoms with Gasteiger partial charge in [-0.25, -0.2) is 0 Å². The summed E-state index contributed by atoms with van der Waals surface area (Å²) in [5.41, 5.74) is 6.54. The Labute approximate surface area is 324 Å². The summed E-state index contributed by atoms with van der Waals surface area (Å²) in [6, 6.07) is 21.7. The molecule has 4 aromatic carbocycles. The van der Waals surface area contributed by atoms with Crippen LogP contribution in [0.3, 0.4) is 0 Å². The first-order valence-electron chi connectivity index (χ1n) is 18.7. The van der Waals surface area contributed by atoms with Gasteiger partial charge in [-0.3, -0.25) is 0 Å². The second-order valence-electron chi connectivity index (χ2n) is 18.0. The van der Waals surface area contributed by atoms with Crippen LogP contribution < -0.4 is 3.27 Å². The minimum absolute atomic E-state index is 0.00503. The summed E-state index contributed by atoms with van der Waals surface area (Å²) in [5, 5.41) is 0. The molecule has 0 bridgehead atoms. The summed E-state index contributed by atoms with van der Waals surface area (Å²) in [6.07, 6.45) is -3.27. The molecule has 1 unspecified atom stereocenters. The van der Waals surface area contributed by atoms with Crippen molar-refractivity contribution in [2.45, 2.75) is 105 Å². The number of fused-ring (bicyclic) bond motifs is 3. The van der Waals surface area contributed by atoms with E-state index in [2.05, 4.69) is 112 Å². The normalized spacial score (nSPS) is 16.2. The van der Waals surface area contributed by atoms with E-state index in [4.69, 9.17) is 0 Å². The van der Waals surface area contributed by atoms with Crippen molar-refractivity contribution >= 4 is 6.48 Å². The summed E-state index contributed by atoms with van der Waals surface area (Å²) in [4.78, 5) is 0. The van der Waals surface area contributed by atoms with Crippen molar-refractivity contribution in [3.05, 3.63) is 144 Å². The average Bonchev–Trinajstić information content (AvgIpc) is 3.67. The monoisotopic (exact) mass is 818 g/mol. The summed E-state index contributed by atoms with van der Waals surface area (Å²) < 4.78 is 89.6. The van der Waals surface area contributed by atoms with Crippen LogP contribution in [0, 0.1) is 11.3 Å². The van der Waals surface area contributed by atoms with Crippen molar-refractivity contribution in [3.63, 3.8) is 0 Å². The van der Waals surface area contributed by atoms with Crippen LogP contribution in [0.5, 0.6) is 0 Å². The first-order chi connectivity index (χ1) is 24.9. The van der Waals surface area contributed by atoms with Crippen molar-refractivity contribution in [2.75, 3.05) is 0 Å². The van der Waals surface area contributed by atoms with Crippen LogP contribution in [-0.4, -0.2) is 3.21 Å². The Bertz CT molecular complexity index is 2150. The fourth-order valence-corrected chi connectivity index (χ4v) is 16.4. The van der Waals surface area contributed by atoms with Gasteiger partial charge < -0.3 is 0 Å². The van der Waals surface area contributed by atoms with Crippen LogP contribution in [0.1, 0.15) is 120 Å². The van der Waals surface area contributed by atoms with Crippen LogP contribution >= 0.6 is 0 Å². The predicted molar refractivity (Wildman–Crippen MR) is 207 cm³/mol. The van der Waals surface area contributed by atoms with E-state index in [9.17, 15) is 26.3 Å². The first-order valence-corrected chi connectivity index (χ1v) is 22.4. The molecular formula is C47H50F6Zr. The molecule has 0 fully saturated rings. The molecule has 0 nitrogen and oxygen atoms in total. The molecule has 1 atom stereocenters. The third kappa shape index (κ3) is 8.00. The zero-order chi connectivity index (χ0) is 39.8. The van der Waals surface area contributed by atoms with Gasteiger partial charge in [0.2, 0.25) is 0 Å². The van der Waals surface area contributed by atoms with E-state index in [0.717, 1.165) is 61.8 Å². The van der Waals surface area contributed by atoms with Crippen molar-refractivity contribution in [1.82, 2.24) is 0 Å². The topological polar surface area (TPSA) is 0 Å². The molecule has 4 aromatic rings. The van der Waals surface area contributed by atoms with Gasteiger partial charge in [0, 0.05) is 0 Å². The second kappa shape index (κ2) is 14.0. The van der Waals surface area contributed by atoms with E-state index in [1.807, 2.05) is 0 Å². The zero-order valence-electron chi connectivity index (χ0n) is 32.9. The molecule has 0 N–H and O–H groups in total. The maximum absolute atomic E-state index is 14.4. The Hall–Kier alpha value is -3.31. The molecule has 0 spiro atoms. The van der Waals surface area contributed by atoms with Crippen LogP contribution in [0.2, 0.25) is 0 Å². The van der Waals surface area contributed by atoms with Crippen LogP contribution in [0.25, 0.3) is 11.1 Å². The van der Waals surface area contributed by atoms with Crippen molar-refractivity contribution < 1.29 is 47.6 Å².